The third-order valence-electron chi connectivity index (χ3n) is 4.93. The van der Waals surface area contributed by atoms with Crippen LogP contribution in [-0.4, -0.2) is 69.7 Å². The number of rotatable bonds is 4. The second-order valence-corrected chi connectivity index (χ2v) is 7.35. The van der Waals surface area contributed by atoms with Crippen LogP contribution < -0.4 is 0 Å². The SMILES string of the molecule is O=C(c1cc(-c2cccnc2)n2c1CSC2)N1CCN(CCO)CC1. The minimum atomic E-state index is 0.130. The van der Waals surface area contributed by atoms with E-state index in [9.17, 15) is 4.79 Å². The van der Waals surface area contributed by atoms with Gasteiger partial charge in [-0.3, -0.25) is 14.7 Å². The number of pyridine rings is 1. The van der Waals surface area contributed by atoms with Gasteiger partial charge in [-0.25, -0.2) is 0 Å². The van der Waals surface area contributed by atoms with E-state index in [0.717, 1.165) is 60.3 Å². The number of nitrogens with zero attached hydrogens (tertiary/aromatic N) is 4. The smallest absolute Gasteiger partial charge is 0.255 e. The first-order valence-electron chi connectivity index (χ1n) is 8.61. The first-order valence-corrected chi connectivity index (χ1v) is 9.76. The van der Waals surface area contributed by atoms with Crippen LogP contribution in [-0.2, 0) is 11.6 Å². The van der Waals surface area contributed by atoms with Crippen LogP contribution in [0.4, 0.5) is 0 Å². The number of carbonyl (C=O) groups excluding carboxylic acids is 1. The number of fused-ring (bicyclic) bond motifs is 1. The van der Waals surface area contributed by atoms with Crippen LogP contribution in [0.3, 0.4) is 0 Å². The van der Waals surface area contributed by atoms with Gasteiger partial charge in [-0.2, -0.15) is 0 Å². The maximum Gasteiger partial charge on any atom is 0.255 e. The minimum Gasteiger partial charge on any atom is -0.395 e. The zero-order chi connectivity index (χ0) is 17.2. The summed E-state index contributed by atoms with van der Waals surface area (Å²) in [6, 6.07) is 6.01. The average Bonchev–Trinajstić information content (AvgIpc) is 3.25. The lowest BCUT2D eigenvalue weighted by Gasteiger charge is -2.34. The minimum absolute atomic E-state index is 0.130. The first kappa shape index (κ1) is 16.6. The number of aliphatic hydroxyl groups is 1. The van der Waals surface area contributed by atoms with Gasteiger partial charge >= 0.3 is 0 Å². The van der Waals surface area contributed by atoms with Crippen molar-refractivity contribution in [2.45, 2.75) is 11.6 Å². The van der Waals surface area contributed by atoms with E-state index in [-0.39, 0.29) is 12.5 Å². The summed E-state index contributed by atoms with van der Waals surface area (Å²) in [6.45, 7) is 3.95. The van der Waals surface area contributed by atoms with Crippen LogP contribution in [0.15, 0.2) is 30.6 Å². The second-order valence-electron chi connectivity index (χ2n) is 6.39. The Kier molecular flexibility index (Phi) is 4.78. The molecule has 25 heavy (non-hydrogen) atoms. The Morgan fingerprint density at radius 1 is 1.28 bits per heavy atom. The van der Waals surface area contributed by atoms with Crippen molar-refractivity contribution in [3.05, 3.63) is 41.9 Å². The molecule has 0 saturated carbocycles. The molecule has 0 atom stereocenters. The highest BCUT2D eigenvalue weighted by atomic mass is 32.2. The molecule has 2 aromatic heterocycles. The molecule has 1 fully saturated rings. The Hall–Kier alpha value is -1.83. The fourth-order valence-electron chi connectivity index (χ4n) is 3.55. The van der Waals surface area contributed by atoms with Crippen molar-refractivity contribution in [2.24, 2.45) is 0 Å². The highest BCUT2D eigenvalue weighted by Crippen LogP contribution is 2.35. The molecule has 1 N–H and O–H groups in total. The van der Waals surface area contributed by atoms with Gasteiger partial charge in [0.05, 0.1) is 23.7 Å². The van der Waals surface area contributed by atoms with E-state index < -0.39 is 0 Å². The van der Waals surface area contributed by atoms with Gasteiger partial charge in [0.25, 0.3) is 5.91 Å². The standard InChI is InChI=1S/C18H22N4O2S/c23-9-8-20-4-6-21(7-5-20)18(24)15-10-16(14-2-1-3-19-11-14)22-13-25-12-17(15)22/h1-3,10-11,23H,4-9,12-13H2. The van der Waals surface area contributed by atoms with Crippen molar-refractivity contribution >= 4 is 17.7 Å². The van der Waals surface area contributed by atoms with Gasteiger partial charge in [0.2, 0.25) is 0 Å². The molecule has 0 unspecified atom stereocenters. The van der Waals surface area contributed by atoms with E-state index in [1.54, 1.807) is 6.20 Å². The normalized spacial score (nSPS) is 17.7. The molecule has 0 spiro atoms. The molecule has 2 aromatic rings. The van der Waals surface area contributed by atoms with Gasteiger partial charge in [0.15, 0.2) is 0 Å². The average molecular weight is 358 g/mol. The van der Waals surface area contributed by atoms with Crippen LogP contribution in [0.2, 0.25) is 0 Å². The maximum absolute atomic E-state index is 13.1. The van der Waals surface area contributed by atoms with Crippen LogP contribution in [0.1, 0.15) is 16.1 Å². The molecular weight excluding hydrogens is 336 g/mol. The summed E-state index contributed by atoms with van der Waals surface area (Å²) in [7, 11) is 0. The van der Waals surface area contributed by atoms with Crippen LogP contribution in [0.5, 0.6) is 0 Å². The van der Waals surface area contributed by atoms with Crippen LogP contribution in [0, 0.1) is 0 Å². The van der Waals surface area contributed by atoms with Crippen molar-refractivity contribution in [1.29, 1.82) is 0 Å². The third kappa shape index (κ3) is 3.19. The van der Waals surface area contributed by atoms with E-state index in [2.05, 4.69) is 14.5 Å². The lowest BCUT2D eigenvalue weighted by molar-refractivity contribution is 0.0614. The summed E-state index contributed by atoms with van der Waals surface area (Å²) in [6.07, 6.45) is 3.62. The lowest BCUT2D eigenvalue weighted by Crippen LogP contribution is -2.49. The van der Waals surface area contributed by atoms with Crippen molar-refractivity contribution in [3.63, 3.8) is 0 Å². The van der Waals surface area contributed by atoms with Crippen molar-refractivity contribution in [3.8, 4) is 11.3 Å². The van der Waals surface area contributed by atoms with Crippen molar-refractivity contribution < 1.29 is 9.90 Å². The largest absolute Gasteiger partial charge is 0.395 e. The fraction of sp³-hybridized carbons (Fsp3) is 0.444. The molecule has 1 amide bonds. The third-order valence-corrected chi connectivity index (χ3v) is 5.85. The van der Waals surface area contributed by atoms with Gasteiger partial charge in [-0.15, -0.1) is 11.8 Å². The summed E-state index contributed by atoms with van der Waals surface area (Å²) in [4.78, 5) is 21.4. The summed E-state index contributed by atoms with van der Waals surface area (Å²) < 4.78 is 2.25. The number of carbonyl (C=O) groups is 1. The second kappa shape index (κ2) is 7.19. The van der Waals surface area contributed by atoms with Crippen LogP contribution >= 0.6 is 11.8 Å². The number of β-amino-alcohol motifs (C(OH)–C–C–N with tert-alkyl or cyclic N) is 1. The lowest BCUT2D eigenvalue weighted by atomic mass is 10.1. The number of aromatic nitrogens is 2. The number of hydrogen-bond acceptors (Lipinski definition) is 5. The molecule has 4 rings (SSSR count). The molecule has 132 valence electrons. The van der Waals surface area contributed by atoms with Crippen molar-refractivity contribution in [1.82, 2.24) is 19.4 Å². The molecule has 6 nitrogen and oxygen atoms in total. The van der Waals surface area contributed by atoms with Crippen molar-refractivity contribution in [2.75, 3.05) is 39.3 Å². The number of piperazine rings is 1. The molecule has 0 aliphatic carbocycles. The molecule has 1 saturated heterocycles. The molecule has 4 heterocycles. The summed E-state index contributed by atoms with van der Waals surface area (Å²) in [5.74, 6) is 1.90. The Balaban J connectivity index is 1.58. The molecule has 0 bridgehead atoms. The Labute approximate surface area is 151 Å². The number of amides is 1. The summed E-state index contributed by atoms with van der Waals surface area (Å²) >= 11 is 1.84. The first-order chi connectivity index (χ1) is 12.3. The fourth-order valence-corrected chi connectivity index (χ4v) is 4.62. The van der Waals surface area contributed by atoms with Crippen LogP contribution in [0.25, 0.3) is 11.3 Å². The Morgan fingerprint density at radius 3 is 2.84 bits per heavy atom. The molecule has 0 aromatic carbocycles. The number of aliphatic hydroxyl groups excluding tert-OH is 1. The molecule has 0 radical (unpaired) electrons. The van der Waals surface area contributed by atoms with E-state index in [1.165, 1.54) is 0 Å². The van der Waals surface area contributed by atoms with Gasteiger partial charge in [-0.05, 0) is 18.2 Å². The van der Waals surface area contributed by atoms with E-state index in [4.69, 9.17) is 5.11 Å². The maximum atomic E-state index is 13.1. The molecular formula is C18H22N4O2S. The van der Waals surface area contributed by atoms with Gasteiger partial charge in [-0.1, -0.05) is 0 Å². The molecule has 2 aliphatic rings. The summed E-state index contributed by atoms with van der Waals surface area (Å²) in [5, 5.41) is 9.06. The van der Waals surface area contributed by atoms with E-state index >= 15 is 0 Å². The quantitative estimate of drug-likeness (QED) is 0.898. The van der Waals surface area contributed by atoms with E-state index in [1.807, 2.05) is 41.1 Å². The Morgan fingerprint density at radius 2 is 2.12 bits per heavy atom. The molecule has 2 aliphatic heterocycles. The summed E-state index contributed by atoms with van der Waals surface area (Å²) in [5.41, 5.74) is 4.10. The topological polar surface area (TPSA) is 61.6 Å². The molecule has 7 heteroatoms. The zero-order valence-electron chi connectivity index (χ0n) is 14.1. The number of thioether (sulfide) groups is 1. The highest BCUT2D eigenvalue weighted by molar-refractivity contribution is 7.97. The Bertz CT molecular complexity index is 754. The number of hydrogen-bond donors (Lipinski definition) is 1. The monoisotopic (exact) mass is 358 g/mol. The van der Waals surface area contributed by atoms with Gasteiger partial charge in [0, 0.05) is 62.1 Å². The zero-order valence-corrected chi connectivity index (χ0v) is 14.9. The highest BCUT2D eigenvalue weighted by Gasteiger charge is 2.29. The predicted molar refractivity (Wildman–Crippen MR) is 98.4 cm³/mol. The van der Waals surface area contributed by atoms with Gasteiger partial charge < -0.3 is 14.6 Å². The van der Waals surface area contributed by atoms with E-state index in [0.29, 0.717) is 6.54 Å². The predicted octanol–water partition coefficient (Wildman–Crippen LogP) is 1.50. The van der Waals surface area contributed by atoms with Gasteiger partial charge in [0.1, 0.15) is 0 Å².